The molecule has 1 saturated heterocycles. The molecule has 6 heteroatoms. The Bertz CT molecular complexity index is 446. The van der Waals surface area contributed by atoms with Crippen LogP contribution in [0.2, 0.25) is 0 Å². The molecular weight excluding hydrogens is 304 g/mol. The highest BCUT2D eigenvalue weighted by atomic mass is 16.2. The Labute approximate surface area is 145 Å². The summed E-state index contributed by atoms with van der Waals surface area (Å²) in [5.74, 6) is -0.177. The minimum Gasteiger partial charge on any atom is -0.314 e. The van der Waals surface area contributed by atoms with Crippen LogP contribution in [0.25, 0.3) is 0 Å². The lowest BCUT2D eigenvalue weighted by molar-refractivity contribution is -0.144. The summed E-state index contributed by atoms with van der Waals surface area (Å²) in [6, 6.07) is 0. The van der Waals surface area contributed by atoms with E-state index in [1.165, 1.54) is 5.01 Å². The molecule has 2 atom stereocenters. The van der Waals surface area contributed by atoms with Crippen LogP contribution in [-0.2, 0) is 9.59 Å². The molecule has 2 aliphatic rings. The number of carbonyl (C=O) groups excluding carboxylic acids is 2. The van der Waals surface area contributed by atoms with Gasteiger partial charge in [0.05, 0.1) is 6.54 Å². The van der Waals surface area contributed by atoms with E-state index in [1.54, 1.807) is 0 Å². The SMILES string of the molecule is C=NN(CCN1CCNCC1)C(=O)[C@@H]1CCCCC1C(=O)C(C)C. The zero-order valence-corrected chi connectivity index (χ0v) is 15.2. The molecule has 0 spiro atoms. The molecule has 1 heterocycles. The van der Waals surface area contributed by atoms with Crippen LogP contribution in [0.4, 0.5) is 0 Å². The number of hydrogen-bond donors (Lipinski definition) is 1. The van der Waals surface area contributed by atoms with Crippen molar-refractivity contribution in [1.29, 1.82) is 0 Å². The zero-order valence-electron chi connectivity index (χ0n) is 15.2. The van der Waals surface area contributed by atoms with Gasteiger partial charge in [0.2, 0.25) is 5.91 Å². The van der Waals surface area contributed by atoms with Gasteiger partial charge >= 0.3 is 0 Å². The second-order valence-electron chi connectivity index (χ2n) is 7.25. The molecule has 0 radical (unpaired) electrons. The van der Waals surface area contributed by atoms with E-state index in [4.69, 9.17) is 0 Å². The summed E-state index contributed by atoms with van der Waals surface area (Å²) < 4.78 is 0. The van der Waals surface area contributed by atoms with Crippen molar-refractivity contribution in [2.75, 3.05) is 39.3 Å². The van der Waals surface area contributed by atoms with Crippen molar-refractivity contribution in [2.45, 2.75) is 39.5 Å². The maximum atomic E-state index is 12.9. The van der Waals surface area contributed by atoms with Gasteiger partial charge in [-0.15, -0.1) is 0 Å². The van der Waals surface area contributed by atoms with Crippen molar-refractivity contribution in [1.82, 2.24) is 15.2 Å². The zero-order chi connectivity index (χ0) is 17.5. The molecule has 1 saturated carbocycles. The van der Waals surface area contributed by atoms with Crippen molar-refractivity contribution in [3.8, 4) is 0 Å². The van der Waals surface area contributed by atoms with Crippen LogP contribution in [-0.4, -0.2) is 67.6 Å². The van der Waals surface area contributed by atoms with E-state index in [9.17, 15) is 9.59 Å². The number of nitrogens with zero attached hydrogens (tertiary/aromatic N) is 3. The van der Waals surface area contributed by atoms with Crippen molar-refractivity contribution in [3.63, 3.8) is 0 Å². The Morgan fingerprint density at radius 3 is 2.42 bits per heavy atom. The maximum Gasteiger partial charge on any atom is 0.246 e. The minimum absolute atomic E-state index is 0.0150. The van der Waals surface area contributed by atoms with Gasteiger partial charge in [-0.25, -0.2) is 5.01 Å². The van der Waals surface area contributed by atoms with Gasteiger partial charge in [-0.1, -0.05) is 26.7 Å². The summed E-state index contributed by atoms with van der Waals surface area (Å²) >= 11 is 0. The van der Waals surface area contributed by atoms with Gasteiger partial charge in [0.25, 0.3) is 0 Å². The predicted molar refractivity (Wildman–Crippen MR) is 95.9 cm³/mol. The van der Waals surface area contributed by atoms with Crippen LogP contribution in [0.1, 0.15) is 39.5 Å². The molecule has 6 nitrogen and oxygen atoms in total. The van der Waals surface area contributed by atoms with Crippen LogP contribution < -0.4 is 5.32 Å². The summed E-state index contributed by atoms with van der Waals surface area (Å²) in [6.45, 7) is 12.8. The molecule has 2 fully saturated rings. The highest BCUT2D eigenvalue weighted by Gasteiger charge is 2.38. The largest absolute Gasteiger partial charge is 0.314 e. The first-order valence-electron chi connectivity index (χ1n) is 9.29. The number of hydrazone groups is 1. The number of amides is 1. The fourth-order valence-corrected chi connectivity index (χ4v) is 3.81. The predicted octanol–water partition coefficient (Wildman–Crippen LogP) is 1.37. The average Bonchev–Trinajstić information content (AvgIpc) is 2.62. The summed E-state index contributed by atoms with van der Waals surface area (Å²) in [7, 11) is 0. The first-order chi connectivity index (χ1) is 11.5. The number of rotatable bonds is 7. The number of hydrogen-bond acceptors (Lipinski definition) is 5. The van der Waals surface area contributed by atoms with E-state index >= 15 is 0 Å². The van der Waals surface area contributed by atoms with Crippen molar-refractivity contribution >= 4 is 18.4 Å². The van der Waals surface area contributed by atoms with E-state index < -0.39 is 0 Å². The third kappa shape index (κ3) is 4.86. The monoisotopic (exact) mass is 336 g/mol. The lowest BCUT2D eigenvalue weighted by atomic mass is 9.74. The summed E-state index contributed by atoms with van der Waals surface area (Å²) in [6.07, 6.45) is 3.67. The van der Waals surface area contributed by atoms with Crippen molar-refractivity contribution in [2.24, 2.45) is 22.9 Å². The number of Topliss-reactive ketones (excluding diaryl/α,β-unsaturated/α-hetero) is 1. The van der Waals surface area contributed by atoms with E-state index in [2.05, 4.69) is 22.0 Å². The first-order valence-corrected chi connectivity index (χ1v) is 9.29. The molecule has 136 valence electrons. The standard InChI is InChI=1S/C18H32N4O2/c1-14(2)17(23)15-6-4-5-7-16(15)18(24)22(19-3)13-12-21-10-8-20-9-11-21/h14-16,20H,3-13H2,1-2H3/t15?,16-/m1/s1. The highest BCUT2D eigenvalue weighted by molar-refractivity contribution is 5.90. The lowest BCUT2D eigenvalue weighted by Crippen LogP contribution is -2.47. The third-order valence-electron chi connectivity index (χ3n) is 5.28. The molecule has 2 rings (SSSR count). The van der Waals surface area contributed by atoms with E-state index in [-0.39, 0.29) is 29.4 Å². The maximum absolute atomic E-state index is 12.9. The van der Waals surface area contributed by atoms with Crippen molar-refractivity contribution in [3.05, 3.63) is 0 Å². The van der Waals surface area contributed by atoms with Gasteiger partial charge in [-0.3, -0.25) is 14.5 Å². The first kappa shape index (κ1) is 19.1. The number of nitrogens with one attached hydrogen (secondary N) is 1. The van der Waals surface area contributed by atoms with Gasteiger partial charge in [-0.2, -0.15) is 5.10 Å². The Kier molecular flexibility index (Phi) is 7.37. The number of carbonyl (C=O) groups is 2. The van der Waals surface area contributed by atoms with Gasteiger partial charge in [-0.05, 0) is 12.8 Å². The quantitative estimate of drug-likeness (QED) is 0.563. The summed E-state index contributed by atoms with van der Waals surface area (Å²) in [5.41, 5.74) is 0. The van der Waals surface area contributed by atoms with Crippen LogP contribution >= 0.6 is 0 Å². The normalized spacial score (nSPS) is 25.5. The van der Waals surface area contributed by atoms with Gasteiger partial charge in [0, 0.05) is 57.2 Å². The average molecular weight is 336 g/mol. The Morgan fingerprint density at radius 2 is 1.83 bits per heavy atom. The Hall–Kier alpha value is -1.27. The molecule has 24 heavy (non-hydrogen) atoms. The second-order valence-corrected chi connectivity index (χ2v) is 7.25. The summed E-state index contributed by atoms with van der Waals surface area (Å²) in [5, 5.41) is 8.79. The Morgan fingerprint density at radius 1 is 1.21 bits per heavy atom. The number of ketones is 1. The van der Waals surface area contributed by atoms with Crippen LogP contribution in [0, 0.1) is 17.8 Å². The van der Waals surface area contributed by atoms with Gasteiger partial charge < -0.3 is 5.32 Å². The highest BCUT2D eigenvalue weighted by Crippen LogP contribution is 2.33. The molecule has 1 aliphatic heterocycles. The molecule has 1 aliphatic carbocycles. The molecule has 1 amide bonds. The molecule has 0 aromatic heterocycles. The van der Waals surface area contributed by atoms with Gasteiger partial charge in [0.15, 0.2) is 0 Å². The van der Waals surface area contributed by atoms with E-state index in [0.29, 0.717) is 6.54 Å². The smallest absolute Gasteiger partial charge is 0.246 e. The molecule has 1 N–H and O–H groups in total. The van der Waals surface area contributed by atoms with Crippen LogP contribution in [0.3, 0.4) is 0 Å². The van der Waals surface area contributed by atoms with Crippen LogP contribution in [0.5, 0.6) is 0 Å². The van der Waals surface area contributed by atoms with Gasteiger partial charge in [0.1, 0.15) is 5.78 Å². The Balaban J connectivity index is 1.96. The fourth-order valence-electron chi connectivity index (χ4n) is 3.81. The fraction of sp³-hybridized carbons (Fsp3) is 0.833. The molecule has 0 bridgehead atoms. The minimum atomic E-state index is -0.220. The second kappa shape index (κ2) is 9.28. The molecular formula is C18H32N4O2. The third-order valence-corrected chi connectivity index (χ3v) is 5.28. The topological polar surface area (TPSA) is 65.0 Å². The molecule has 0 aromatic carbocycles. The summed E-state index contributed by atoms with van der Waals surface area (Å²) in [4.78, 5) is 27.8. The van der Waals surface area contributed by atoms with Crippen LogP contribution in [0.15, 0.2) is 5.10 Å². The number of piperazine rings is 1. The molecule has 1 unspecified atom stereocenters. The van der Waals surface area contributed by atoms with Crippen molar-refractivity contribution < 1.29 is 9.59 Å². The lowest BCUT2D eigenvalue weighted by Gasteiger charge is -2.34. The molecule has 0 aromatic rings. The van der Waals surface area contributed by atoms with E-state index in [1.807, 2.05) is 13.8 Å². The van der Waals surface area contributed by atoms with E-state index in [0.717, 1.165) is 58.4 Å².